The third kappa shape index (κ3) is 4.56. The van der Waals surface area contributed by atoms with Crippen LogP contribution in [0.5, 0.6) is 5.75 Å². The Balaban J connectivity index is 0.00000144. The minimum absolute atomic E-state index is 0. The lowest BCUT2D eigenvalue weighted by Crippen LogP contribution is -2.08. The van der Waals surface area contributed by atoms with Crippen LogP contribution in [0.15, 0.2) is 24.3 Å². The summed E-state index contributed by atoms with van der Waals surface area (Å²) in [6.45, 7) is 6.57. The van der Waals surface area contributed by atoms with Gasteiger partial charge in [0.2, 0.25) is 0 Å². The maximum atomic E-state index is 9.21. The lowest BCUT2D eigenvalue weighted by Gasteiger charge is -2.17. The molecular formula is C12H20O. The van der Waals surface area contributed by atoms with E-state index in [0.717, 1.165) is 6.42 Å². The van der Waals surface area contributed by atoms with E-state index >= 15 is 0 Å². The van der Waals surface area contributed by atoms with Crippen molar-refractivity contribution in [2.45, 2.75) is 34.6 Å². The molecular weight excluding hydrogens is 160 g/mol. The first-order valence-electron chi connectivity index (χ1n) is 4.25. The van der Waals surface area contributed by atoms with Crippen LogP contribution in [-0.4, -0.2) is 5.11 Å². The van der Waals surface area contributed by atoms with Crippen molar-refractivity contribution in [1.82, 2.24) is 0 Å². The van der Waals surface area contributed by atoms with E-state index in [-0.39, 0.29) is 12.8 Å². The molecule has 1 aromatic carbocycles. The first kappa shape index (κ1) is 12.0. The summed E-state index contributed by atoms with van der Waals surface area (Å²) in [5.74, 6) is 0.358. The Kier molecular flexibility index (Phi) is 3.99. The molecule has 0 atom stereocenters. The Hall–Kier alpha value is -0.980. The number of hydrogen-bond donors (Lipinski definition) is 1. The zero-order valence-electron chi connectivity index (χ0n) is 7.96. The van der Waals surface area contributed by atoms with Crippen molar-refractivity contribution in [2.24, 2.45) is 5.41 Å². The van der Waals surface area contributed by atoms with Gasteiger partial charge in [-0.2, -0.15) is 0 Å². The zero-order chi connectivity index (χ0) is 9.19. The zero-order valence-corrected chi connectivity index (χ0v) is 7.96. The van der Waals surface area contributed by atoms with Crippen molar-refractivity contribution in [3.8, 4) is 5.75 Å². The number of hydrogen-bond acceptors (Lipinski definition) is 1. The van der Waals surface area contributed by atoms with Crippen molar-refractivity contribution in [2.75, 3.05) is 0 Å². The second-order valence-electron chi connectivity index (χ2n) is 4.41. The normalized spacial score (nSPS) is 10.7. The molecule has 0 radical (unpaired) electrons. The molecule has 0 aliphatic heterocycles. The average Bonchev–Trinajstić information content (AvgIpc) is 1.82. The third-order valence-electron chi connectivity index (χ3n) is 1.65. The highest BCUT2D eigenvalue weighted by atomic mass is 16.3. The van der Waals surface area contributed by atoms with Crippen molar-refractivity contribution < 1.29 is 5.11 Å². The smallest absolute Gasteiger partial charge is 0.115 e. The second-order valence-corrected chi connectivity index (χ2v) is 4.41. The fourth-order valence-electron chi connectivity index (χ4n) is 1.28. The predicted molar refractivity (Wildman–Crippen MR) is 58.0 cm³/mol. The monoisotopic (exact) mass is 180 g/mol. The van der Waals surface area contributed by atoms with E-state index in [4.69, 9.17) is 0 Å². The molecule has 13 heavy (non-hydrogen) atoms. The molecule has 0 unspecified atom stereocenters. The van der Waals surface area contributed by atoms with Gasteiger partial charge in [0.1, 0.15) is 5.75 Å². The molecule has 1 rings (SSSR count). The SMILES string of the molecule is C.CC(C)(C)Cc1cccc(O)c1. The largest absolute Gasteiger partial charge is 0.508 e. The summed E-state index contributed by atoms with van der Waals surface area (Å²) in [6, 6.07) is 7.46. The molecule has 0 heterocycles. The van der Waals surface area contributed by atoms with E-state index in [0.29, 0.717) is 5.75 Å². The fraction of sp³-hybridized carbons (Fsp3) is 0.500. The van der Waals surface area contributed by atoms with E-state index in [1.165, 1.54) is 5.56 Å². The topological polar surface area (TPSA) is 20.2 Å². The number of benzene rings is 1. The van der Waals surface area contributed by atoms with Crippen LogP contribution < -0.4 is 0 Å². The quantitative estimate of drug-likeness (QED) is 0.700. The first-order chi connectivity index (χ1) is 5.47. The predicted octanol–water partition coefficient (Wildman–Crippen LogP) is 3.62. The summed E-state index contributed by atoms with van der Waals surface area (Å²) >= 11 is 0. The van der Waals surface area contributed by atoms with Crippen LogP contribution in [0.25, 0.3) is 0 Å². The van der Waals surface area contributed by atoms with E-state index < -0.39 is 0 Å². The second kappa shape index (κ2) is 4.31. The maximum Gasteiger partial charge on any atom is 0.115 e. The molecule has 0 saturated heterocycles. The molecule has 74 valence electrons. The van der Waals surface area contributed by atoms with Crippen molar-refractivity contribution in [1.29, 1.82) is 0 Å². The van der Waals surface area contributed by atoms with E-state index in [2.05, 4.69) is 20.8 Å². The molecule has 0 fully saturated rings. The molecule has 0 aliphatic rings. The van der Waals surface area contributed by atoms with Crippen LogP contribution in [-0.2, 0) is 6.42 Å². The summed E-state index contributed by atoms with van der Waals surface area (Å²) in [7, 11) is 0. The van der Waals surface area contributed by atoms with Gasteiger partial charge in [-0.1, -0.05) is 40.3 Å². The highest BCUT2D eigenvalue weighted by Crippen LogP contribution is 2.22. The molecule has 0 aromatic heterocycles. The molecule has 1 aromatic rings. The number of phenols is 1. The lowest BCUT2D eigenvalue weighted by atomic mass is 9.88. The van der Waals surface area contributed by atoms with Crippen molar-refractivity contribution >= 4 is 0 Å². The minimum Gasteiger partial charge on any atom is -0.508 e. The lowest BCUT2D eigenvalue weighted by molar-refractivity contribution is 0.409. The van der Waals surface area contributed by atoms with Crippen molar-refractivity contribution in [3.63, 3.8) is 0 Å². The van der Waals surface area contributed by atoms with Gasteiger partial charge < -0.3 is 5.11 Å². The molecule has 1 heteroatoms. The van der Waals surface area contributed by atoms with Crippen LogP contribution in [0.2, 0.25) is 0 Å². The van der Waals surface area contributed by atoms with Gasteiger partial charge in [-0.15, -0.1) is 0 Å². The Labute approximate surface area is 81.4 Å². The van der Waals surface area contributed by atoms with E-state index in [1.54, 1.807) is 6.07 Å². The van der Waals surface area contributed by atoms with Crippen molar-refractivity contribution in [3.05, 3.63) is 29.8 Å². The van der Waals surface area contributed by atoms with Crippen LogP contribution in [0.1, 0.15) is 33.8 Å². The maximum absolute atomic E-state index is 9.21. The Morgan fingerprint density at radius 1 is 1.23 bits per heavy atom. The van der Waals surface area contributed by atoms with E-state index in [1.807, 2.05) is 18.2 Å². The minimum atomic E-state index is 0. The fourth-order valence-corrected chi connectivity index (χ4v) is 1.28. The van der Waals surface area contributed by atoms with Gasteiger partial charge in [0.25, 0.3) is 0 Å². The molecule has 0 amide bonds. The third-order valence-corrected chi connectivity index (χ3v) is 1.65. The molecule has 0 saturated carbocycles. The van der Waals surface area contributed by atoms with Crippen LogP contribution >= 0.6 is 0 Å². The van der Waals surface area contributed by atoms with Gasteiger partial charge in [0.05, 0.1) is 0 Å². The number of phenolic OH excluding ortho intramolecular Hbond substituents is 1. The summed E-state index contributed by atoms with van der Waals surface area (Å²) in [4.78, 5) is 0. The van der Waals surface area contributed by atoms with Gasteiger partial charge in [0, 0.05) is 0 Å². The summed E-state index contributed by atoms with van der Waals surface area (Å²) in [5.41, 5.74) is 1.48. The average molecular weight is 180 g/mol. The van der Waals surface area contributed by atoms with Crippen LogP contribution in [0.3, 0.4) is 0 Å². The Morgan fingerprint density at radius 2 is 1.85 bits per heavy atom. The van der Waals surface area contributed by atoms with Gasteiger partial charge in [-0.3, -0.25) is 0 Å². The molecule has 1 nitrogen and oxygen atoms in total. The Bertz CT molecular complexity index is 258. The molecule has 0 aliphatic carbocycles. The van der Waals surface area contributed by atoms with Gasteiger partial charge in [0.15, 0.2) is 0 Å². The molecule has 0 bridgehead atoms. The summed E-state index contributed by atoms with van der Waals surface area (Å²) < 4.78 is 0. The number of aromatic hydroxyl groups is 1. The van der Waals surface area contributed by atoms with Gasteiger partial charge >= 0.3 is 0 Å². The van der Waals surface area contributed by atoms with Gasteiger partial charge in [-0.25, -0.2) is 0 Å². The highest BCUT2D eigenvalue weighted by molar-refractivity contribution is 5.27. The molecule has 1 N–H and O–H groups in total. The molecule has 0 spiro atoms. The number of rotatable bonds is 1. The van der Waals surface area contributed by atoms with Crippen LogP contribution in [0, 0.1) is 5.41 Å². The van der Waals surface area contributed by atoms with Gasteiger partial charge in [-0.05, 0) is 29.5 Å². The summed E-state index contributed by atoms with van der Waals surface area (Å²) in [6.07, 6.45) is 1.00. The van der Waals surface area contributed by atoms with E-state index in [9.17, 15) is 5.11 Å². The first-order valence-corrected chi connectivity index (χ1v) is 4.25. The standard InChI is InChI=1S/C11H16O.CH4/c1-11(2,3)8-9-5-4-6-10(12)7-9;/h4-7,12H,8H2,1-3H3;1H4. The Morgan fingerprint density at radius 3 is 2.31 bits per heavy atom. The van der Waals surface area contributed by atoms with Crippen LogP contribution in [0.4, 0.5) is 0 Å². The highest BCUT2D eigenvalue weighted by Gasteiger charge is 2.10. The summed E-state index contributed by atoms with van der Waals surface area (Å²) in [5, 5.41) is 9.21.